The van der Waals surface area contributed by atoms with Gasteiger partial charge in [-0.05, 0) is 19.3 Å². The van der Waals surface area contributed by atoms with Crippen LogP contribution in [-0.4, -0.2) is 17.9 Å². The van der Waals surface area contributed by atoms with E-state index in [9.17, 15) is 9.59 Å². The molecule has 4 heteroatoms. The molecule has 0 aromatic heterocycles. The van der Waals surface area contributed by atoms with E-state index in [2.05, 4.69) is 19.2 Å². The van der Waals surface area contributed by atoms with Crippen molar-refractivity contribution in [3.63, 3.8) is 0 Å². The zero-order valence-electron chi connectivity index (χ0n) is 11.3. The summed E-state index contributed by atoms with van der Waals surface area (Å²) in [5.74, 6) is -0.443. The average Bonchev–Trinajstić information content (AvgIpc) is 2.28. The number of carbonyl (C=O) groups is 2. The van der Waals surface area contributed by atoms with Gasteiger partial charge >= 0.3 is 0 Å². The van der Waals surface area contributed by atoms with Gasteiger partial charge in [-0.25, -0.2) is 0 Å². The maximum atomic E-state index is 12.0. The standard InChI is InChI=1S/C13H26N2O2/c1-4-7-10(8-5-2)13(17)15-11(9-6-3)12(14)16/h10-11H,4-9H2,1-3H3,(H2,14,16)(H,15,17). The Morgan fingerprint density at radius 3 is 1.82 bits per heavy atom. The first-order valence-electron chi connectivity index (χ1n) is 6.66. The van der Waals surface area contributed by atoms with Crippen molar-refractivity contribution in [2.45, 2.75) is 65.3 Å². The highest BCUT2D eigenvalue weighted by molar-refractivity contribution is 5.87. The molecule has 0 radical (unpaired) electrons. The van der Waals surface area contributed by atoms with E-state index in [4.69, 9.17) is 5.73 Å². The predicted molar refractivity (Wildman–Crippen MR) is 69.3 cm³/mol. The van der Waals surface area contributed by atoms with Crippen molar-refractivity contribution in [1.82, 2.24) is 5.32 Å². The van der Waals surface area contributed by atoms with E-state index >= 15 is 0 Å². The number of rotatable bonds is 9. The highest BCUT2D eigenvalue weighted by Crippen LogP contribution is 2.14. The van der Waals surface area contributed by atoms with Gasteiger partial charge in [-0.1, -0.05) is 40.0 Å². The molecule has 0 bridgehead atoms. The van der Waals surface area contributed by atoms with Crippen LogP contribution < -0.4 is 11.1 Å². The Morgan fingerprint density at radius 1 is 1.00 bits per heavy atom. The fraction of sp³-hybridized carbons (Fsp3) is 0.846. The third-order valence-electron chi connectivity index (χ3n) is 2.88. The van der Waals surface area contributed by atoms with Crippen LogP contribution in [0.2, 0.25) is 0 Å². The van der Waals surface area contributed by atoms with Gasteiger partial charge in [0.15, 0.2) is 0 Å². The second-order valence-corrected chi connectivity index (χ2v) is 4.53. The van der Waals surface area contributed by atoms with E-state index in [-0.39, 0.29) is 11.8 Å². The van der Waals surface area contributed by atoms with Crippen LogP contribution in [0, 0.1) is 5.92 Å². The summed E-state index contributed by atoms with van der Waals surface area (Å²) in [6.45, 7) is 6.10. The lowest BCUT2D eigenvalue weighted by Crippen LogP contribution is -2.46. The minimum absolute atomic E-state index is 0.0173. The fourth-order valence-electron chi connectivity index (χ4n) is 1.97. The topological polar surface area (TPSA) is 72.2 Å². The molecule has 17 heavy (non-hydrogen) atoms. The van der Waals surface area contributed by atoms with E-state index in [0.29, 0.717) is 6.42 Å². The molecule has 3 N–H and O–H groups in total. The van der Waals surface area contributed by atoms with Crippen molar-refractivity contribution in [3.8, 4) is 0 Å². The lowest BCUT2D eigenvalue weighted by atomic mass is 9.96. The van der Waals surface area contributed by atoms with Gasteiger partial charge in [0.1, 0.15) is 6.04 Å². The van der Waals surface area contributed by atoms with Crippen molar-refractivity contribution in [2.24, 2.45) is 11.7 Å². The molecule has 0 saturated carbocycles. The molecule has 0 aromatic rings. The summed E-state index contributed by atoms with van der Waals surface area (Å²) < 4.78 is 0. The van der Waals surface area contributed by atoms with Crippen LogP contribution in [0.1, 0.15) is 59.3 Å². The number of primary amides is 1. The Labute approximate surface area is 104 Å². The summed E-state index contributed by atoms with van der Waals surface area (Å²) in [4.78, 5) is 23.2. The van der Waals surface area contributed by atoms with Crippen LogP contribution in [0.3, 0.4) is 0 Å². The molecule has 0 aliphatic carbocycles. The number of hydrogen-bond donors (Lipinski definition) is 2. The molecule has 0 aromatic carbocycles. The molecule has 0 aliphatic heterocycles. The quantitative estimate of drug-likeness (QED) is 0.649. The molecule has 1 unspecified atom stereocenters. The Balaban J connectivity index is 4.38. The highest BCUT2D eigenvalue weighted by atomic mass is 16.2. The summed E-state index contributed by atoms with van der Waals surface area (Å²) in [6, 6.07) is -0.510. The number of amides is 2. The van der Waals surface area contributed by atoms with Crippen molar-refractivity contribution < 1.29 is 9.59 Å². The molecule has 0 rings (SSSR count). The number of nitrogens with one attached hydrogen (secondary N) is 1. The van der Waals surface area contributed by atoms with Crippen molar-refractivity contribution in [1.29, 1.82) is 0 Å². The van der Waals surface area contributed by atoms with Crippen LogP contribution in [0.15, 0.2) is 0 Å². The number of carbonyl (C=O) groups excluding carboxylic acids is 2. The van der Waals surface area contributed by atoms with Gasteiger partial charge in [0.25, 0.3) is 0 Å². The van der Waals surface area contributed by atoms with Gasteiger partial charge < -0.3 is 11.1 Å². The van der Waals surface area contributed by atoms with Crippen LogP contribution in [0.4, 0.5) is 0 Å². The summed E-state index contributed by atoms with van der Waals surface area (Å²) in [5.41, 5.74) is 5.27. The predicted octanol–water partition coefficient (Wildman–Crippen LogP) is 1.97. The zero-order valence-corrected chi connectivity index (χ0v) is 11.3. The first kappa shape index (κ1) is 15.9. The molecule has 4 nitrogen and oxygen atoms in total. The van der Waals surface area contributed by atoms with Gasteiger partial charge in [-0.2, -0.15) is 0 Å². The molecule has 1 atom stereocenters. The van der Waals surface area contributed by atoms with Crippen molar-refractivity contribution >= 4 is 11.8 Å². The Kier molecular flexibility index (Phi) is 8.46. The lowest BCUT2D eigenvalue weighted by Gasteiger charge is -2.20. The van der Waals surface area contributed by atoms with Crippen LogP contribution in [-0.2, 0) is 9.59 Å². The number of nitrogens with two attached hydrogens (primary N) is 1. The van der Waals surface area contributed by atoms with E-state index in [1.54, 1.807) is 0 Å². The lowest BCUT2D eigenvalue weighted by molar-refractivity contribution is -0.130. The minimum atomic E-state index is -0.510. The zero-order chi connectivity index (χ0) is 13.3. The van der Waals surface area contributed by atoms with Gasteiger partial charge in [0.05, 0.1) is 0 Å². The molecular weight excluding hydrogens is 216 g/mol. The highest BCUT2D eigenvalue weighted by Gasteiger charge is 2.22. The first-order chi connectivity index (χ1) is 8.06. The van der Waals surface area contributed by atoms with Gasteiger partial charge in [-0.15, -0.1) is 0 Å². The van der Waals surface area contributed by atoms with E-state index in [0.717, 1.165) is 32.1 Å². The molecule has 0 fully saturated rings. The average molecular weight is 242 g/mol. The summed E-state index contributed by atoms with van der Waals surface area (Å²) in [5, 5.41) is 2.77. The Bertz CT molecular complexity index is 236. The SMILES string of the molecule is CCCC(CCC)C(=O)NC(CCC)C(N)=O. The summed E-state index contributed by atoms with van der Waals surface area (Å²) >= 11 is 0. The third kappa shape index (κ3) is 6.29. The Morgan fingerprint density at radius 2 is 1.47 bits per heavy atom. The largest absolute Gasteiger partial charge is 0.368 e. The molecule has 0 saturated heterocycles. The molecule has 2 amide bonds. The maximum absolute atomic E-state index is 12.0. The van der Waals surface area contributed by atoms with E-state index < -0.39 is 11.9 Å². The molecular formula is C13H26N2O2. The summed E-state index contributed by atoms with van der Waals surface area (Å²) in [7, 11) is 0. The molecule has 0 spiro atoms. The van der Waals surface area contributed by atoms with E-state index in [1.807, 2.05) is 6.92 Å². The fourth-order valence-corrected chi connectivity index (χ4v) is 1.97. The molecule has 0 heterocycles. The minimum Gasteiger partial charge on any atom is -0.368 e. The van der Waals surface area contributed by atoms with Gasteiger partial charge in [0, 0.05) is 5.92 Å². The smallest absolute Gasteiger partial charge is 0.239 e. The first-order valence-corrected chi connectivity index (χ1v) is 6.66. The number of hydrogen-bond acceptors (Lipinski definition) is 2. The summed E-state index contributed by atoms with van der Waals surface area (Å²) in [6.07, 6.45) is 5.15. The Hall–Kier alpha value is -1.06. The normalized spacial score (nSPS) is 12.5. The molecule has 100 valence electrons. The monoisotopic (exact) mass is 242 g/mol. The second kappa shape index (κ2) is 9.02. The second-order valence-electron chi connectivity index (χ2n) is 4.53. The van der Waals surface area contributed by atoms with Crippen LogP contribution in [0.25, 0.3) is 0 Å². The van der Waals surface area contributed by atoms with Crippen molar-refractivity contribution in [3.05, 3.63) is 0 Å². The van der Waals surface area contributed by atoms with E-state index in [1.165, 1.54) is 0 Å². The van der Waals surface area contributed by atoms with Crippen molar-refractivity contribution in [2.75, 3.05) is 0 Å². The van der Waals surface area contributed by atoms with Gasteiger partial charge in [-0.3, -0.25) is 9.59 Å². The van der Waals surface area contributed by atoms with Crippen LogP contribution in [0.5, 0.6) is 0 Å². The van der Waals surface area contributed by atoms with Gasteiger partial charge in [0.2, 0.25) is 11.8 Å². The third-order valence-corrected chi connectivity index (χ3v) is 2.88. The van der Waals surface area contributed by atoms with Crippen LogP contribution >= 0.6 is 0 Å². The maximum Gasteiger partial charge on any atom is 0.239 e. The molecule has 0 aliphatic rings.